The topological polar surface area (TPSA) is 134 Å². The van der Waals surface area contributed by atoms with E-state index in [-0.39, 0.29) is 6.42 Å². The molecule has 8 nitrogen and oxygen atoms in total. The third-order valence-corrected chi connectivity index (χ3v) is 6.27. The third-order valence-electron chi connectivity index (χ3n) is 6.27. The predicted molar refractivity (Wildman–Crippen MR) is 137 cm³/mol. The molecule has 0 aliphatic heterocycles. The molecule has 1 fully saturated rings. The number of amides is 3. The molecule has 36 heavy (non-hydrogen) atoms. The van der Waals surface area contributed by atoms with Crippen LogP contribution < -0.4 is 16.4 Å². The molecule has 3 rings (SSSR count). The maximum Gasteiger partial charge on any atom is 0.408 e. The van der Waals surface area contributed by atoms with E-state index in [1.807, 2.05) is 36.4 Å². The number of nitrogens with one attached hydrogen (secondary N) is 2. The highest BCUT2D eigenvalue weighted by Gasteiger charge is 2.43. The van der Waals surface area contributed by atoms with E-state index >= 15 is 0 Å². The van der Waals surface area contributed by atoms with Crippen molar-refractivity contribution in [2.75, 3.05) is 0 Å². The number of alkyl carbamates (subject to hydrolysis) is 1. The lowest BCUT2D eigenvalue weighted by atomic mass is 9.80. The maximum absolute atomic E-state index is 13.4. The lowest BCUT2D eigenvalue weighted by molar-refractivity contribution is -0.133. The number of nitriles is 1. The second kappa shape index (κ2) is 11.3. The van der Waals surface area contributed by atoms with Crippen LogP contribution in [-0.4, -0.2) is 35.1 Å². The van der Waals surface area contributed by atoms with Crippen LogP contribution in [0.4, 0.5) is 4.79 Å². The molecular weight excluding hydrogens is 456 g/mol. The fraction of sp³-hybridized carbons (Fsp3) is 0.429. The molecule has 1 aliphatic rings. The summed E-state index contributed by atoms with van der Waals surface area (Å²) < 4.78 is 5.39. The van der Waals surface area contributed by atoms with Gasteiger partial charge in [0.25, 0.3) is 0 Å². The molecule has 3 amide bonds. The number of carbonyl (C=O) groups is 3. The van der Waals surface area contributed by atoms with E-state index in [4.69, 9.17) is 15.7 Å². The van der Waals surface area contributed by atoms with Crippen LogP contribution in [-0.2, 0) is 20.7 Å². The van der Waals surface area contributed by atoms with Crippen molar-refractivity contribution in [3.63, 3.8) is 0 Å². The Balaban J connectivity index is 1.72. The fourth-order valence-electron chi connectivity index (χ4n) is 4.39. The van der Waals surface area contributed by atoms with Gasteiger partial charge in [-0.25, -0.2) is 4.79 Å². The van der Waals surface area contributed by atoms with Gasteiger partial charge in [-0.2, -0.15) is 5.26 Å². The lowest BCUT2D eigenvalue weighted by Gasteiger charge is -2.37. The average molecular weight is 491 g/mol. The Bertz CT molecular complexity index is 1120. The van der Waals surface area contributed by atoms with Crippen LogP contribution in [0.15, 0.2) is 48.5 Å². The molecule has 1 atom stereocenters. The first-order valence-electron chi connectivity index (χ1n) is 12.2. The average Bonchev–Trinajstić information content (AvgIpc) is 2.83. The molecule has 0 saturated heterocycles. The fourth-order valence-corrected chi connectivity index (χ4v) is 4.39. The van der Waals surface area contributed by atoms with E-state index in [9.17, 15) is 14.4 Å². The van der Waals surface area contributed by atoms with Crippen molar-refractivity contribution in [2.24, 2.45) is 5.73 Å². The molecule has 8 heteroatoms. The molecule has 190 valence electrons. The van der Waals surface area contributed by atoms with Crippen LogP contribution in [0, 0.1) is 11.3 Å². The summed E-state index contributed by atoms with van der Waals surface area (Å²) >= 11 is 0. The van der Waals surface area contributed by atoms with Gasteiger partial charge in [0.1, 0.15) is 17.2 Å². The zero-order valence-corrected chi connectivity index (χ0v) is 21.1. The number of ether oxygens (including phenoxy) is 1. The minimum Gasteiger partial charge on any atom is -0.444 e. The van der Waals surface area contributed by atoms with E-state index in [2.05, 4.69) is 16.7 Å². The predicted octanol–water partition coefficient (Wildman–Crippen LogP) is 3.97. The first-order valence-corrected chi connectivity index (χ1v) is 12.2. The van der Waals surface area contributed by atoms with Crippen molar-refractivity contribution < 1.29 is 19.1 Å². The van der Waals surface area contributed by atoms with Gasteiger partial charge in [-0.05, 0) is 62.4 Å². The summed E-state index contributed by atoms with van der Waals surface area (Å²) in [5.41, 5.74) is 7.15. The molecule has 0 heterocycles. The monoisotopic (exact) mass is 490 g/mol. The summed E-state index contributed by atoms with van der Waals surface area (Å²) in [6, 6.07) is 16.0. The Morgan fingerprint density at radius 2 is 1.56 bits per heavy atom. The molecular formula is C28H34N4O4. The van der Waals surface area contributed by atoms with Gasteiger partial charge in [-0.1, -0.05) is 55.7 Å². The van der Waals surface area contributed by atoms with Gasteiger partial charge in [0.05, 0.1) is 11.6 Å². The Hall–Kier alpha value is -3.86. The Labute approximate surface area is 212 Å². The van der Waals surface area contributed by atoms with Crippen LogP contribution in [0.2, 0.25) is 0 Å². The number of nitrogens with two attached hydrogens (primary N) is 1. The molecule has 0 radical (unpaired) electrons. The second-order valence-corrected chi connectivity index (χ2v) is 10.3. The molecule has 1 aliphatic carbocycles. The molecule has 0 bridgehead atoms. The van der Waals surface area contributed by atoms with Gasteiger partial charge in [-0.15, -0.1) is 0 Å². The number of benzene rings is 2. The summed E-state index contributed by atoms with van der Waals surface area (Å²) in [6.07, 6.45) is 3.01. The number of rotatable bonds is 7. The third kappa shape index (κ3) is 7.08. The Kier molecular flexibility index (Phi) is 8.36. The molecule has 1 saturated carbocycles. The van der Waals surface area contributed by atoms with E-state index in [0.717, 1.165) is 36.0 Å². The largest absolute Gasteiger partial charge is 0.444 e. The van der Waals surface area contributed by atoms with Gasteiger partial charge < -0.3 is 21.1 Å². The van der Waals surface area contributed by atoms with Gasteiger partial charge in [0.2, 0.25) is 11.8 Å². The van der Waals surface area contributed by atoms with Gasteiger partial charge >= 0.3 is 6.09 Å². The Morgan fingerprint density at radius 3 is 2.06 bits per heavy atom. The molecule has 2 aromatic carbocycles. The van der Waals surface area contributed by atoms with Crippen LogP contribution in [0.25, 0.3) is 11.1 Å². The van der Waals surface area contributed by atoms with Crippen molar-refractivity contribution in [1.82, 2.24) is 10.6 Å². The van der Waals surface area contributed by atoms with E-state index in [1.54, 1.807) is 32.9 Å². The summed E-state index contributed by atoms with van der Waals surface area (Å²) in [7, 11) is 0. The molecule has 0 spiro atoms. The van der Waals surface area contributed by atoms with Crippen molar-refractivity contribution in [2.45, 2.75) is 76.5 Å². The minimum absolute atomic E-state index is 0.219. The van der Waals surface area contributed by atoms with Gasteiger partial charge in [0.15, 0.2) is 0 Å². The van der Waals surface area contributed by atoms with Crippen LogP contribution in [0.3, 0.4) is 0 Å². The maximum atomic E-state index is 13.4. The Morgan fingerprint density at radius 1 is 1.00 bits per heavy atom. The summed E-state index contributed by atoms with van der Waals surface area (Å²) in [4.78, 5) is 38.2. The summed E-state index contributed by atoms with van der Waals surface area (Å²) in [6.45, 7) is 5.28. The van der Waals surface area contributed by atoms with E-state index in [1.165, 1.54) is 0 Å². The number of carbonyl (C=O) groups excluding carboxylic acids is 3. The first kappa shape index (κ1) is 26.7. The van der Waals surface area contributed by atoms with Crippen molar-refractivity contribution in [3.05, 3.63) is 59.7 Å². The second-order valence-electron chi connectivity index (χ2n) is 10.3. The summed E-state index contributed by atoms with van der Waals surface area (Å²) in [5, 5.41) is 14.5. The standard InChI is InChI=1S/C28H34N4O4/c1-27(2,3)36-26(35)32-28(15-5-4-6-16-28)25(34)31-23(24(30)33)17-19-7-11-21(12-8-19)22-13-9-20(18-29)10-14-22/h7-14,23H,4-6,15-17H2,1-3H3,(H2,30,33)(H,31,34)(H,32,35). The molecule has 1 unspecified atom stereocenters. The van der Waals surface area contributed by atoms with Crippen molar-refractivity contribution in [1.29, 1.82) is 5.26 Å². The lowest BCUT2D eigenvalue weighted by Crippen LogP contribution is -2.63. The van der Waals surface area contributed by atoms with Crippen molar-refractivity contribution in [3.8, 4) is 17.2 Å². The van der Waals surface area contributed by atoms with E-state index in [0.29, 0.717) is 18.4 Å². The van der Waals surface area contributed by atoms with E-state index < -0.39 is 35.1 Å². The quantitative estimate of drug-likeness (QED) is 0.540. The number of primary amides is 1. The molecule has 2 aromatic rings. The highest BCUT2D eigenvalue weighted by atomic mass is 16.6. The number of hydrogen-bond acceptors (Lipinski definition) is 5. The van der Waals surface area contributed by atoms with Crippen LogP contribution >= 0.6 is 0 Å². The number of nitrogens with zero attached hydrogens (tertiary/aromatic N) is 1. The van der Waals surface area contributed by atoms with Crippen LogP contribution in [0.5, 0.6) is 0 Å². The zero-order valence-electron chi connectivity index (χ0n) is 21.1. The van der Waals surface area contributed by atoms with Crippen molar-refractivity contribution >= 4 is 17.9 Å². The number of hydrogen-bond donors (Lipinski definition) is 3. The first-order chi connectivity index (χ1) is 17.0. The van der Waals surface area contributed by atoms with Gasteiger partial charge in [0, 0.05) is 6.42 Å². The minimum atomic E-state index is -1.15. The van der Waals surface area contributed by atoms with Gasteiger partial charge in [-0.3, -0.25) is 9.59 Å². The molecule has 4 N–H and O–H groups in total. The normalized spacial score (nSPS) is 15.7. The summed E-state index contributed by atoms with van der Waals surface area (Å²) in [5.74, 6) is -1.08. The molecule has 0 aromatic heterocycles. The highest BCUT2D eigenvalue weighted by molar-refractivity contribution is 5.94. The SMILES string of the molecule is CC(C)(C)OC(=O)NC1(C(=O)NC(Cc2ccc(-c3ccc(C#N)cc3)cc2)C(N)=O)CCCCC1. The highest BCUT2D eigenvalue weighted by Crippen LogP contribution is 2.29. The van der Waals surface area contributed by atoms with Crippen LogP contribution in [0.1, 0.15) is 64.0 Å². The smallest absolute Gasteiger partial charge is 0.408 e. The zero-order chi connectivity index (χ0) is 26.3.